The van der Waals surface area contributed by atoms with Crippen LogP contribution in [0.25, 0.3) is 5.57 Å². The molecule has 93 valence electrons. The normalized spacial score (nSPS) is 21.2. The van der Waals surface area contributed by atoms with Crippen LogP contribution in [0.3, 0.4) is 0 Å². The summed E-state index contributed by atoms with van der Waals surface area (Å²) in [7, 11) is -0.710. The Morgan fingerprint density at radius 3 is 2.61 bits per heavy atom. The van der Waals surface area contributed by atoms with E-state index in [-0.39, 0.29) is 4.83 Å². The maximum Gasteiger partial charge on any atom is 0.273 e. The predicted molar refractivity (Wildman–Crippen MR) is 82.9 cm³/mol. The Kier molecular flexibility index (Phi) is 4.61. The molecule has 0 N–H and O–H groups in total. The first-order chi connectivity index (χ1) is 8.68. The van der Waals surface area contributed by atoms with Crippen molar-refractivity contribution in [1.29, 1.82) is 0 Å². The van der Waals surface area contributed by atoms with Gasteiger partial charge >= 0.3 is 0 Å². The summed E-state index contributed by atoms with van der Waals surface area (Å²) < 4.78 is 5.74. The van der Waals surface area contributed by atoms with Crippen molar-refractivity contribution in [2.24, 2.45) is 0 Å². The van der Waals surface area contributed by atoms with Gasteiger partial charge in [0.2, 0.25) is 0 Å². The van der Waals surface area contributed by atoms with Gasteiger partial charge in [0, 0.05) is 5.57 Å². The number of hydrogen-bond donors (Lipinski definition) is 0. The maximum absolute atomic E-state index is 5.74. The molecule has 1 nitrogen and oxygen atoms in total. The molecule has 1 atom stereocenters. The molecule has 18 heavy (non-hydrogen) atoms. The Hall–Kier alpha value is -1.06. The highest BCUT2D eigenvalue weighted by Crippen LogP contribution is 2.32. The minimum atomic E-state index is -0.710. The number of halogens is 1. The van der Waals surface area contributed by atoms with Gasteiger partial charge in [-0.1, -0.05) is 64.5 Å². The molecule has 0 heterocycles. The quantitative estimate of drug-likeness (QED) is 0.451. The molecule has 1 aliphatic carbocycles. The largest absolute Gasteiger partial charge is 0.548 e. The Balaban J connectivity index is 2.34. The molecule has 1 aromatic carbocycles. The third-order valence-electron chi connectivity index (χ3n) is 2.66. The van der Waals surface area contributed by atoms with Gasteiger partial charge in [0.25, 0.3) is 9.04 Å². The fraction of sp³-hybridized carbons (Fsp3) is 0.200. The first-order valence-electron chi connectivity index (χ1n) is 5.93. The number of hydrogen-bond acceptors (Lipinski definition) is 1. The average molecular weight is 320 g/mol. The molecule has 3 heteroatoms. The number of benzene rings is 1. The van der Waals surface area contributed by atoms with Gasteiger partial charge in [-0.05, 0) is 24.2 Å². The lowest BCUT2D eigenvalue weighted by Crippen LogP contribution is -2.09. The Bertz CT molecular complexity index is 488. The lowest BCUT2D eigenvalue weighted by molar-refractivity contribution is 0.496. The number of alkyl halides is 1. The van der Waals surface area contributed by atoms with E-state index in [1.807, 2.05) is 12.3 Å². The molecule has 0 fully saturated rings. The van der Waals surface area contributed by atoms with Crippen LogP contribution >= 0.6 is 15.9 Å². The predicted octanol–water partition coefficient (Wildman–Crippen LogP) is 4.55. The van der Waals surface area contributed by atoms with E-state index in [2.05, 4.69) is 71.5 Å². The van der Waals surface area contributed by atoms with Gasteiger partial charge in [-0.15, -0.1) is 0 Å². The fourth-order valence-corrected chi connectivity index (χ4v) is 2.68. The summed E-state index contributed by atoms with van der Waals surface area (Å²) in [5, 5.41) is 0. The topological polar surface area (TPSA) is 9.23 Å². The minimum Gasteiger partial charge on any atom is -0.548 e. The van der Waals surface area contributed by atoms with E-state index in [9.17, 15) is 0 Å². The lowest BCUT2D eigenvalue weighted by atomic mass is 9.93. The highest BCUT2D eigenvalue weighted by Gasteiger charge is 2.17. The molecule has 2 rings (SSSR count). The molecule has 0 amide bonds. The zero-order chi connectivity index (χ0) is 13.0. The van der Waals surface area contributed by atoms with Crippen LogP contribution in [0.4, 0.5) is 0 Å². The van der Waals surface area contributed by atoms with Crippen LogP contribution in [-0.4, -0.2) is 13.9 Å². The van der Waals surface area contributed by atoms with Crippen molar-refractivity contribution < 1.29 is 4.43 Å². The van der Waals surface area contributed by atoms with Crippen LogP contribution in [0.1, 0.15) is 5.56 Å². The van der Waals surface area contributed by atoms with E-state index in [0.29, 0.717) is 0 Å². The summed E-state index contributed by atoms with van der Waals surface area (Å²) in [5.74, 6) is 0. The third-order valence-corrected chi connectivity index (χ3v) is 4.05. The number of rotatable bonds is 3. The smallest absolute Gasteiger partial charge is 0.273 e. The van der Waals surface area contributed by atoms with E-state index in [1.165, 1.54) is 16.7 Å². The van der Waals surface area contributed by atoms with Crippen LogP contribution in [0.2, 0.25) is 13.1 Å². The molecule has 0 bridgehead atoms. The lowest BCUT2D eigenvalue weighted by Gasteiger charge is -2.19. The molecule has 0 aromatic heterocycles. The van der Waals surface area contributed by atoms with Crippen LogP contribution in [0.5, 0.6) is 0 Å². The van der Waals surface area contributed by atoms with Crippen LogP contribution in [-0.2, 0) is 4.43 Å². The van der Waals surface area contributed by atoms with Crippen molar-refractivity contribution >= 4 is 30.5 Å². The monoisotopic (exact) mass is 319 g/mol. The summed E-state index contributed by atoms with van der Waals surface area (Å²) in [6.45, 7) is 4.27. The van der Waals surface area contributed by atoms with E-state index >= 15 is 0 Å². The fourth-order valence-electron chi connectivity index (χ4n) is 1.79. The van der Waals surface area contributed by atoms with Gasteiger partial charge in [0.15, 0.2) is 0 Å². The van der Waals surface area contributed by atoms with Crippen molar-refractivity contribution in [3.05, 3.63) is 66.0 Å². The highest BCUT2D eigenvalue weighted by molar-refractivity contribution is 9.09. The van der Waals surface area contributed by atoms with Crippen LogP contribution in [0.15, 0.2) is 60.4 Å². The van der Waals surface area contributed by atoms with E-state index < -0.39 is 9.04 Å². The van der Waals surface area contributed by atoms with Gasteiger partial charge in [-0.3, -0.25) is 0 Å². The summed E-state index contributed by atoms with van der Waals surface area (Å²) >= 11 is 3.68. The minimum absolute atomic E-state index is 0.221. The number of allylic oxidation sites excluding steroid dienone is 5. The van der Waals surface area contributed by atoms with Gasteiger partial charge < -0.3 is 4.43 Å². The van der Waals surface area contributed by atoms with Crippen molar-refractivity contribution in [2.75, 3.05) is 0 Å². The molecular weight excluding hydrogens is 304 g/mol. The summed E-state index contributed by atoms with van der Waals surface area (Å²) in [4.78, 5) is 0.221. The van der Waals surface area contributed by atoms with E-state index in [4.69, 9.17) is 4.43 Å². The summed E-state index contributed by atoms with van der Waals surface area (Å²) in [6.07, 6.45) is 8.26. The molecular formula is C15H16BrOSi. The first kappa shape index (κ1) is 13.4. The summed E-state index contributed by atoms with van der Waals surface area (Å²) in [6, 6.07) is 10.4. The molecule has 0 aliphatic heterocycles. The van der Waals surface area contributed by atoms with E-state index in [1.54, 1.807) is 0 Å². The van der Waals surface area contributed by atoms with Crippen molar-refractivity contribution in [1.82, 2.24) is 0 Å². The second kappa shape index (κ2) is 6.21. The zero-order valence-corrected chi connectivity index (χ0v) is 13.1. The van der Waals surface area contributed by atoms with Gasteiger partial charge in [0.05, 0.1) is 11.1 Å². The second-order valence-corrected chi connectivity index (χ2v) is 7.37. The van der Waals surface area contributed by atoms with Gasteiger partial charge in [-0.2, -0.15) is 0 Å². The highest BCUT2D eigenvalue weighted by atomic mass is 79.9. The molecule has 0 spiro atoms. The Morgan fingerprint density at radius 1 is 1.22 bits per heavy atom. The van der Waals surface area contributed by atoms with Crippen molar-refractivity contribution in [3.8, 4) is 0 Å². The Labute approximate surface area is 119 Å². The van der Waals surface area contributed by atoms with Crippen molar-refractivity contribution in [3.63, 3.8) is 0 Å². The molecule has 1 radical (unpaired) electrons. The average Bonchev–Trinajstić information content (AvgIpc) is 2.38. The second-order valence-electron chi connectivity index (χ2n) is 4.33. The van der Waals surface area contributed by atoms with Crippen molar-refractivity contribution in [2.45, 2.75) is 17.9 Å². The Morgan fingerprint density at radius 2 is 1.94 bits per heavy atom. The first-order valence-corrected chi connectivity index (χ1v) is 9.26. The maximum atomic E-state index is 5.74. The van der Waals surface area contributed by atoms with E-state index in [0.717, 1.165) is 0 Å². The summed E-state index contributed by atoms with van der Waals surface area (Å²) in [5.41, 5.74) is 3.64. The molecule has 0 saturated carbocycles. The molecule has 1 unspecified atom stereocenters. The zero-order valence-electron chi connectivity index (χ0n) is 10.6. The standard InChI is InChI=1S/C15H16BrOSi/c1-18(2)17-11-14-13(9-6-10-15(14)16)12-7-4-3-5-8-12/h3-11,15H,1-2H3. The van der Waals surface area contributed by atoms with Gasteiger partial charge in [-0.25, -0.2) is 0 Å². The molecule has 1 aromatic rings. The molecule has 1 aliphatic rings. The third kappa shape index (κ3) is 3.24. The van der Waals surface area contributed by atoms with Crippen LogP contribution in [0, 0.1) is 0 Å². The van der Waals surface area contributed by atoms with Gasteiger partial charge in [0.1, 0.15) is 0 Å². The van der Waals surface area contributed by atoms with Crippen LogP contribution < -0.4 is 0 Å². The molecule has 0 saturated heterocycles. The SMILES string of the molecule is C[Si](C)OC=C1C(c2ccccc2)=CC=CC1Br.